The number of hydrogen-bond acceptors (Lipinski definition) is 3. The number of hydrogen-bond donors (Lipinski definition) is 3. The summed E-state index contributed by atoms with van der Waals surface area (Å²) >= 11 is 0. The van der Waals surface area contributed by atoms with E-state index >= 15 is 0 Å². The molecule has 26 heavy (non-hydrogen) atoms. The summed E-state index contributed by atoms with van der Waals surface area (Å²) in [5.41, 5.74) is 9.78. The number of aryl methyl sites for hydroxylation is 1. The van der Waals surface area contributed by atoms with Crippen molar-refractivity contribution in [2.45, 2.75) is 51.8 Å². The predicted octanol–water partition coefficient (Wildman–Crippen LogP) is 3.20. The van der Waals surface area contributed by atoms with E-state index in [0.29, 0.717) is 5.94 Å². The van der Waals surface area contributed by atoms with Crippen molar-refractivity contribution in [3.63, 3.8) is 0 Å². The molecule has 1 radical (unpaired) electrons. The van der Waals surface area contributed by atoms with Crippen molar-refractivity contribution < 1.29 is 0 Å². The Morgan fingerprint density at radius 2 is 2.12 bits per heavy atom. The molecule has 0 saturated heterocycles. The van der Waals surface area contributed by atoms with Crippen molar-refractivity contribution in [1.29, 1.82) is 0 Å². The molecule has 143 valence electrons. The van der Waals surface area contributed by atoms with Crippen LogP contribution in [0.4, 0.5) is 0 Å². The highest BCUT2D eigenvalue weighted by Crippen LogP contribution is 2.33. The minimum atomic E-state index is 0.431. The van der Waals surface area contributed by atoms with Gasteiger partial charge in [-0.1, -0.05) is 37.2 Å². The van der Waals surface area contributed by atoms with Crippen LogP contribution < -0.4 is 16.4 Å². The monoisotopic (exact) mass is 354 g/mol. The van der Waals surface area contributed by atoms with Gasteiger partial charge in [0.25, 0.3) is 0 Å². The zero-order valence-electron chi connectivity index (χ0n) is 16.9. The summed E-state index contributed by atoms with van der Waals surface area (Å²) in [6.07, 6.45) is 11.1. The van der Waals surface area contributed by atoms with Crippen LogP contribution in [0.25, 0.3) is 6.08 Å². The second kappa shape index (κ2) is 11.6. The van der Waals surface area contributed by atoms with E-state index < -0.39 is 0 Å². The third-order valence-electron chi connectivity index (χ3n) is 5.79. The minimum Gasteiger partial charge on any atom is -0.329 e. The zero-order chi connectivity index (χ0) is 18.8. The van der Waals surface area contributed by atoms with E-state index in [-0.39, 0.29) is 0 Å². The Morgan fingerprint density at radius 3 is 2.85 bits per heavy atom. The largest absolute Gasteiger partial charge is 0.329 e. The van der Waals surface area contributed by atoms with Crippen LogP contribution in [0.3, 0.4) is 0 Å². The molecule has 1 aliphatic rings. The average molecular weight is 354 g/mol. The van der Waals surface area contributed by atoms with Gasteiger partial charge in [0.05, 0.1) is 0 Å². The average Bonchev–Trinajstić information content (AvgIpc) is 3.09. The van der Waals surface area contributed by atoms with E-state index in [9.17, 15) is 0 Å². The lowest BCUT2D eigenvalue weighted by molar-refractivity contribution is 0.463. The molecule has 3 unspecified atom stereocenters. The number of rotatable bonds is 11. The summed E-state index contributed by atoms with van der Waals surface area (Å²) < 4.78 is 0. The lowest BCUT2D eigenvalue weighted by Crippen LogP contribution is -2.32. The fourth-order valence-corrected chi connectivity index (χ4v) is 4.15. The molecule has 0 spiro atoms. The topological polar surface area (TPSA) is 50.1 Å². The van der Waals surface area contributed by atoms with Crippen molar-refractivity contribution in [2.24, 2.45) is 17.6 Å². The van der Waals surface area contributed by atoms with Crippen LogP contribution >= 0.6 is 0 Å². The first-order valence-corrected chi connectivity index (χ1v) is 10.3. The van der Waals surface area contributed by atoms with Gasteiger partial charge in [0.1, 0.15) is 7.28 Å². The quantitative estimate of drug-likeness (QED) is 0.423. The smallest absolute Gasteiger partial charge is 0.129 e. The number of likely N-dealkylation sites (N-methyl/N-ethyl adjacent to an activating group) is 1. The highest BCUT2D eigenvalue weighted by molar-refractivity contribution is 6.35. The Balaban J connectivity index is 1.90. The second-order valence-electron chi connectivity index (χ2n) is 7.76. The highest BCUT2D eigenvalue weighted by Gasteiger charge is 2.23. The first-order chi connectivity index (χ1) is 12.7. The van der Waals surface area contributed by atoms with Crippen molar-refractivity contribution in [3.05, 3.63) is 41.0 Å². The first-order valence-electron chi connectivity index (χ1n) is 10.3. The van der Waals surface area contributed by atoms with E-state index in [2.05, 4.69) is 62.0 Å². The second-order valence-corrected chi connectivity index (χ2v) is 7.76. The predicted molar refractivity (Wildman–Crippen MR) is 116 cm³/mol. The van der Waals surface area contributed by atoms with Crippen molar-refractivity contribution in [3.8, 4) is 0 Å². The minimum absolute atomic E-state index is 0.431. The Kier molecular flexibility index (Phi) is 9.45. The Bertz CT molecular complexity index is 554. The molecule has 1 aliphatic carbocycles. The van der Waals surface area contributed by atoms with E-state index in [1.54, 1.807) is 0 Å². The third-order valence-corrected chi connectivity index (χ3v) is 5.79. The fourth-order valence-electron chi connectivity index (χ4n) is 4.15. The molecule has 4 N–H and O–H groups in total. The maximum atomic E-state index is 5.56. The van der Waals surface area contributed by atoms with Crippen LogP contribution in [0.5, 0.6) is 0 Å². The normalized spacial score (nSPS) is 21.4. The summed E-state index contributed by atoms with van der Waals surface area (Å²) in [5.74, 6) is 2.11. The van der Waals surface area contributed by atoms with E-state index in [4.69, 9.17) is 5.73 Å². The van der Waals surface area contributed by atoms with Gasteiger partial charge >= 0.3 is 0 Å². The highest BCUT2D eigenvalue weighted by atomic mass is 14.9. The maximum absolute atomic E-state index is 5.56. The van der Waals surface area contributed by atoms with Gasteiger partial charge < -0.3 is 16.4 Å². The van der Waals surface area contributed by atoms with Crippen LogP contribution in [-0.4, -0.2) is 39.9 Å². The Morgan fingerprint density at radius 1 is 1.31 bits per heavy atom. The molecule has 0 aromatic heterocycles. The fraction of sp³-hybridized carbons (Fsp3) is 0.636. The van der Waals surface area contributed by atoms with Crippen LogP contribution in [-0.2, 0) is 6.42 Å². The molecule has 3 nitrogen and oxygen atoms in total. The van der Waals surface area contributed by atoms with E-state index in [0.717, 1.165) is 37.9 Å². The molecule has 1 fully saturated rings. The van der Waals surface area contributed by atoms with Gasteiger partial charge in [-0.2, -0.15) is 0 Å². The molecule has 0 bridgehead atoms. The summed E-state index contributed by atoms with van der Waals surface area (Å²) in [6.45, 7) is 7.17. The van der Waals surface area contributed by atoms with Gasteiger partial charge in [-0.15, -0.1) is 0 Å². The third kappa shape index (κ3) is 6.57. The van der Waals surface area contributed by atoms with Gasteiger partial charge in [0.2, 0.25) is 0 Å². The molecule has 2 rings (SSSR count). The molecule has 0 heterocycles. The van der Waals surface area contributed by atoms with Gasteiger partial charge in [-0.25, -0.2) is 0 Å². The molecule has 4 heteroatoms. The Labute approximate surface area is 161 Å². The van der Waals surface area contributed by atoms with Gasteiger partial charge in [0.15, 0.2) is 0 Å². The van der Waals surface area contributed by atoms with Crippen molar-refractivity contribution >= 4 is 13.4 Å². The van der Waals surface area contributed by atoms with E-state index in [1.165, 1.54) is 42.4 Å². The standard InChI is InChI=1S/C22H37BN3/c1-17-6-4-8-20(15-22(23-2)25-3)21(17)9-5-7-18-10-11-19(14-18)16-26-13-12-24/h4-6,8-9,18-19,22,25-26H,7,10-16,24H2,1-3H3/b9-5+. The number of allylic oxidation sites excluding steroid dienone is 1. The van der Waals surface area contributed by atoms with Gasteiger partial charge in [0, 0.05) is 13.1 Å². The molecule has 0 amide bonds. The maximum Gasteiger partial charge on any atom is 0.129 e. The van der Waals surface area contributed by atoms with Crippen LogP contribution in [0, 0.1) is 18.8 Å². The number of nitrogens with one attached hydrogen (secondary N) is 2. The lowest BCUT2D eigenvalue weighted by Gasteiger charge is -2.16. The molecule has 1 aromatic carbocycles. The molecular weight excluding hydrogens is 317 g/mol. The Hall–Kier alpha value is -1.10. The lowest BCUT2D eigenvalue weighted by atomic mass is 9.69. The van der Waals surface area contributed by atoms with Crippen LogP contribution in [0.15, 0.2) is 24.3 Å². The van der Waals surface area contributed by atoms with Crippen molar-refractivity contribution in [2.75, 3.05) is 26.7 Å². The van der Waals surface area contributed by atoms with Crippen molar-refractivity contribution in [1.82, 2.24) is 10.6 Å². The summed E-state index contributed by atoms with van der Waals surface area (Å²) in [7, 11) is 4.28. The SMILES string of the molecule is C[B]C(Cc1cccc(C)c1/C=C/CC1CCC(CNCCN)C1)NC. The molecule has 0 aliphatic heterocycles. The molecule has 3 atom stereocenters. The number of nitrogens with two attached hydrogens (primary N) is 1. The molecular formula is C22H37BN3. The summed E-state index contributed by atoms with van der Waals surface area (Å²) in [5, 5.41) is 6.85. The summed E-state index contributed by atoms with van der Waals surface area (Å²) in [4.78, 5) is 0. The van der Waals surface area contributed by atoms with Crippen LogP contribution in [0.1, 0.15) is 42.4 Å². The summed E-state index contributed by atoms with van der Waals surface area (Å²) in [6, 6.07) is 6.68. The van der Waals surface area contributed by atoms with Gasteiger partial charge in [-0.3, -0.25) is 0 Å². The van der Waals surface area contributed by atoms with Crippen LogP contribution in [0.2, 0.25) is 6.82 Å². The molecule has 1 aromatic rings. The molecule has 1 saturated carbocycles. The van der Waals surface area contributed by atoms with Gasteiger partial charge in [-0.05, 0) is 87.1 Å². The first kappa shape index (κ1) is 21.2. The number of benzene rings is 1. The zero-order valence-corrected chi connectivity index (χ0v) is 16.9. The van der Waals surface area contributed by atoms with E-state index in [1.807, 2.05) is 7.05 Å².